The number of carboxylic acids is 1. The van der Waals surface area contributed by atoms with E-state index in [-0.39, 0.29) is 18.5 Å². The number of carbonyl (C=O) groups is 2. The van der Waals surface area contributed by atoms with Gasteiger partial charge in [-0.3, -0.25) is 9.59 Å². The summed E-state index contributed by atoms with van der Waals surface area (Å²) < 4.78 is 10.9. The van der Waals surface area contributed by atoms with E-state index in [2.05, 4.69) is 6.92 Å². The van der Waals surface area contributed by atoms with Crippen molar-refractivity contribution >= 4 is 11.9 Å². The van der Waals surface area contributed by atoms with Crippen LogP contribution in [-0.2, 0) is 19.1 Å². The number of carbonyl (C=O) groups excluding carboxylic acids is 1. The average molecular weight is 256 g/mol. The van der Waals surface area contributed by atoms with Crippen LogP contribution in [0.5, 0.6) is 0 Å². The summed E-state index contributed by atoms with van der Waals surface area (Å²) in [5, 5.41) is 8.48. The number of epoxide rings is 1. The smallest absolute Gasteiger partial charge is 0.306 e. The summed E-state index contributed by atoms with van der Waals surface area (Å²) in [6.45, 7) is 2.08. The zero-order valence-corrected chi connectivity index (χ0v) is 10.6. The summed E-state index contributed by atoms with van der Waals surface area (Å²) in [5.41, 5.74) is 0. The van der Waals surface area contributed by atoms with Crippen molar-refractivity contribution in [3.63, 3.8) is 0 Å². The molecule has 102 valence electrons. The Labute approximate surface area is 106 Å². The van der Waals surface area contributed by atoms with Crippen molar-refractivity contribution in [1.29, 1.82) is 0 Å². The van der Waals surface area contributed by atoms with E-state index in [1.54, 1.807) is 0 Å². The maximum atomic E-state index is 11.6. The van der Waals surface area contributed by atoms with Crippen LogP contribution in [0.2, 0.25) is 0 Å². The lowest BCUT2D eigenvalue weighted by molar-refractivity contribution is -0.153. The van der Waals surface area contributed by atoms with E-state index in [4.69, 9.17) is 14.6 Å². The first-order chi connectivity index (χ1) is 8.56. The van der Waals surface area contributed by atoms with E-state index in [0.29, 0.717) is 37.4 Å². The molecule has 1 heterocycles. The molecule has 0 aromatic heterocycles. The molecule has 4 unspecified atom stereocenters. The minimum Gasteiger partial charge on any atom is -0.481 e. The zero-order valence-electron chi connectivity index (χ0n) is 10.6. The predicted octanol–water partition coefficient (Wildman–Crippen LogP) is 1.74. The van der Waals surface area contributed by atoms with Gasteiger partial charge >= 0.3 is 11.9 Å². The van der Waals surface area contributed by atoms with Gasteiger partial charge in [0.15, 0.2) is 0 Å². The first kappa shape index (κ1) is 13.3. The maximum Gasteiger partial charge on any atom is 0.306 e. The second-order valence-electron chi connectivity index (χ2n) is 5.29. The highest BCUT2D eigenvalue weighted by Gasteiger charge is 2.48. The van der Waals surface area contributed by atoms with Crippen LogP contribution in [-0.4, -0.2) is 35.4 Å². The molecule has 18 heavy (non-hydrogen) atoms. The number of aliphatic carboxylic acids is 1. The molecule has 0 aromatic rings. The summed E-state index contributed by atoms with van der Waals surface area (Å²) in [4.78, 5) is 21.9. The third kappa shape index (κ3) is 3.70. The van der Waals surface area contributed by atoms with Crippen LogP contribution in [0.3, 0.4) is 0 Å². The Morgan fingerprint density at radius 1 is 1.22 bits per heavy atom. The summed E-state index contributed by atoms with van der Waals surface area (Å²) in [6, 6.07) is 0. The van der Waals surface area contributed by atoms with E-state index >= 15 is 0 Å². The van der Waals surface area contributed by atoms with E-state index in [9.17, 15) is 9.59 Å². The van der Waals surface area contributed by atoms with Gasteiger partial charge in [-0.05, 0) is 25.2 Å². The minimum absolute atomic E-state index is 0.0271. The van der Waals surface area contributed by atoms with Crippen LogP contribution in [0.15, 0.2) is 0 Å². The third-order valence-corrected chi connectivity index (χ3v) is 3.70. The molecule has 2 fully saturated rings. The van der Waals surface area contributed by atoms with Crippen molar-refractivity contribution in [2.45, 2.75) is 63.8 Å². The second kappa shape index (κ2) is 5.69. The van der Waals surface area contributed by atoms with Gasteiger partial charge in [-0.2, -0.15) is 0 Å². The topological polar surface area (TPSA) is 76.1 Å². The van der Waals surface area contributed by atoms with Gasteiger partial charge in [-0.25, -0.2) is 0 Å². The molecule has 1 aliphatic carbocycles. The van der Waals surface area contributed by atoms with Crippen molar-refractivity contribution in [3.8, 4) is 0 Å². The van der Waals surface area contributed by atoms with Crippen LogP contribution in [0.4, 0.5) is 0 Å². The first-order valence-electron chi connectivity index (χ1n) is 6.63. The Balaban J connectivity index is 1.62. The predicted molar refractivity (Wildman–Crippen MR) is 63.0 cm³/mol. The number of hydrogen-bond donors (Lipinski definition) is 1. The van der Waals surface area contributed by atoms with Gasteiger partial charge in [-0.1, -0.05) is 6.92 Å². The fraction of sp³-hybridized carbons (Fsp3) is 0.846. The third-order valence-electron chi connectivity index (χ3n) is 3.70. The summed E-state index contributed by atoms with van der Waals surface area (Å²) in [6.07, 6.45) is 3.98. The van der Waals surface area contributed by atoms with Gasteiger partial charge in [0, 0.05) is 19.3 Å². The average Bonchev–Trinajstić information content (AvgIpc) is 3.02. The molecule has 5 heteroatoms. The van der Waals surface area contributed by atoms with Crippen LogP contribution >= 0.6 is 0 Å². The number of fused-ring (bicyclic) bond motifs is 1. The normalized spacial score (nSPS) is 33.6. The molecule has 0 aromatic carbocycles. The van der Waals surface area contributed by atoms with Gasteiger partial charge in [-0.15, -0.1) is 0 Å². The van der Waals surface area contributed by atoms with E-state index in [1.807, 2.05) is 0 Å². The van der Waals surface area contributed by atoms with Crippen LogP contribution in [0, 0.1) is 5.92 Å². The minimum atomic E-state index is -0.818. The van der Waals surface area contributed by atoms with Crippen molar-refractivity contribution in [3.05, 3.63) is 0 Å². The van der Waals surface area contributed by atoms with Crippen molar-refractivity contribution in [2.75, 3.05) is 0 Å². The molecule has 2 rings (SSSR count). The second-order valence-corrected chi connectivity index (χ2v) is 5.29. The van der Waals surface area contributed by atoms with E-state index < -0.39 is 5.97 Å². The largest absolute Gasteiger partial charge is 0.481 e. The number of hydrogen-bond acceptors (Lipinski definition) is 4. The van der Waals surface area contributed by atoms with E-state index in [1.165, 1.54) is 0 Å². The van der Waals surface area contributed by atoms with E-state index in [0.717, 1.165) is 12.8 Å². The molecule has 1 N–H and O–H groups in total. The Kier molecular flexibility index (Phi) is 4.22. The highest BCUT2D eigenvalue weighted by atomic mass is 16.6. The number of rotatable bonds is 6. The fourth-order valence-corrected chi connectivity index (χ4v) is 2.51. The maximum absolute atomic E-state index is 11.6. The first-order valence-corrected chi connectivity index (χ1v) is 6.63. The lowest BCUT2D eigenvalue weighted by Crippen LogP contribution is -2.31. The SMILES string of the molecule is CC1CC2OC2CC1OC(=O)CCCCC(=O)O. The number of unbranched alkanes of at least 4 members (excludes halogenated alkanes) is 1. The fourth-order valence-electron chi connectivity index (χ4n) is 2.51. The number of esters is 1. The summed E-state index contributed by atoms with van der Waals surface area (Å²) >= 11 is 0. The van der Waals surface area contributed by atoms with Gasteiger partial charge in [0.05, 0.1) is 12.2 Å². The molecule has 1 saturated carbocycles. The molecule has 0 radical (unpaired) electrons. The lowest BCUT2D eigenvalue weighted by atomic mass is 9.88. The standard InChI is InChI=1S/C13H20O5/c1-8-6-10-11(17-10)7-9(8)18-13(16)5-3-2-4-12(14)15/h8-11H,2-7H2,1H3,(H,14,15). The molecule has 0 spiro atoms. The van der Waals surface area contributed by atoms with Crippen LogP contribution in [0.25, 0.3) is 0 Å². The Hall–Kier alpha value is -1.10. The molecule has 2 aliphatic rings. The summed E-state index contributed by atoms with van der Waals surface area (Å²) in [7, 11) is 0. The molecule has 1 aliphatic heterocycles. The molecule has 1 saturated heterocycles. The van der Waals surface area contributed by atoms with Crippen molar-refractivity contribution < 1.29 is 24.2 Å². The van der Waals surface area contributed by atoms with Gasteiger partial charge in [0.2, 0.25) is 0 Å². The lowest BCUT2D eigenvalue weighted by Gasteiger charge is -2.26. The van der Waals surface area contributed by atoms with Gasteiger partial charge in [0.25, 0.3) is 0 Å². The molecule has 5 nitrogen and oxygen atoms in total. The molecular formula is C13H20O5. The molecule has 4 atom stereocenters. The Bertz CT molecular complexity index is 327. The Morgan fingerprint density at radius 2 is 1.89 bits per heavy atom. The zero-order chi connectivity index (χ0) is 13.1. The van der Waals surface area contributed by atoms with Crippen molar-refractivity contribution in [1.82, 2.24) is 0 Å². The molecule has 0 amide bonds. The molecular weight excluding hydrogens is 236 g/mol. The van der Waals surface area contributed by atoms with Crippen molar-refractivity contribution in [2.24, 2.45) is 5.92 Å². The quantitative estimate of drug-likeness (QED) is 0.445. The highest BCUT2D eigenvalue weighted by Crippen LogP contribution is 2.40. The number of ether oxygens (including phenoxy) is 2. The highest BCUT2D eigenvalue weighted by molar-refractivity contribution is 5.70. The van der Waals surface area contributed by atoms with Gasteiger partial charge < -0.3 is 14.6 Å². The summed E-state index contributed by atoms with van der Waals surface area (Å²) in [5.74, 6) is -0.672. The molecule has 0 bridgehead atoms. The van der Waals surface area contributed by atoms with Crippen LogP contribution < -0.4 is 0 Å². The Morgan fingerprint density at radius 3 is 2.61 bits per heavy atom. The number of carboxylic acid groups (broad SMARTS) is 1. The van der Waals surface area contributed by atoms with Gasteiger partial charge in [0.1, 0.15) is 6.10 Å². The monoisotopic (exact) mass is 256 g/mol. The van der Waals surface area contributed by atoms with Crippen LogP contribution in [0.1, 0.15) is 45.4 Å².